The van der Waals surface area contributed by atoms with Crippen LogP contribution in [0.5, 0.6) is 0 Å². The highest BCUT2D eigenvalue weighted by Gasteiger charge is 2.32. The number of nitrogens with zero attached hydrogens (tertiary/aromatic N) is 3. The van der Waals surface area contributed by atoms with Crippen molar-refractivity contribution in [1.29, 1.82) is 0 Å². The molecule has 138 valence electrons. The number of aromatic nitrogens is 2. The van der Waals surface area contributed by atoms with E-state index >= 15 is 0 Å². The average Bonchev–Trinajstić information content (AvgIpc) is 3.10. The summed E-state index contributed by atoms with van der Waals surface area (Å²) in [6.07, 6.45) is 11.0. The van der Waals surface area contributed by atoms with Crippen molar-refractivity contribution in [1.82, 2.24) is 14.5 Å². The lowest BCUT2D eigenvalue weighted by atomic mass is 10.1. The highest BCUT2D eigenvalue weighted by molar-refractivity contribution is 5.79. The minimum absolute atomic E-state index is 0.244. The maximum Gasteiger partial charge on any atom is 0.226 e. The second kappa shape index (κ2) is 7.65. The lowest BCUT2D eigenvalue weighted by Crippen LogP contribution is -2.37. The molecule has 0 spiro atoms. The van der Waals surface area contributed by atoms with Crippen LogP contribution in [0.4, 0.5) is 0 Å². The Balaban J connectivity index is 1.49. The first-order valence-electron chi connectivity index (χ1n) is 10.0. The van der Waals surface area contributed by atoms with E-state index in [-0.39, 0.29) is 5.92 Å². The summed E-state index contributed by atoms with van der Waals surface area (Å²) < 4.78 is 2.20. The third-order valence-corrected chi connectivity index (χ3v) is 5.93. The van der Waals surface area contributed by atoms with Gasteiger partial charge in [-0.2, -0.15) is 0 Å². The van der Waals surface area contributed by atoms with Crippen molar-refractivity contribution in [2.75, 3.05) is 6.54 Å². The van der Waals surface area contributed by atoms with E-state index in [0.717, 1.165) is 31.8 Å². The Morgan fingerprint density at radius 1 is 1.19 bits per heavy atom. The Labute approximate surface area is 156 Å². The first-order chi connectivity index (χ1) is 12.7. The first-order valence-corrected chi connectivity index (χ1v) is 10.0. The molecule has 4 heteroatoms. The fourth-order valence-electron chi connectivity index (χ4n) is 4.05. The van der Waals surface area contributed by atoms with Gasteiger partial charge in [-0.3, -0.25) is 4.79 Å². The van der Waals surface area contributed by atoms with Crippen LogP contribution in [0.15, 0.2) is 36.7 Å². The quantitative estimate of drug-likeness (QED) is 0.751. The van der Waals surface area contributed by atoms with Gasteiger partial charge in [-0.1, -0.05) is 37.1 Å². The summed E-state index contributed by atoms with van der Waals surface area (Å²) in [4.78, 5) is 19.7. The molecule has 0 saturated heterocycles. The zero-order valence-electron chi connectivity index (χ0n) is 15.7. The van der Waals surface area contributed by atoms with Crippen LogP contribution in [0.1, 0.15) is 55.5 Å². The van der Waals surface area contributed by atoms with E-state index in [1.165, 1.54) is 36.8 Å². The van der Waals surface area contributed by atoms with Gasteiger partial charge in [-0.25, -0.2) is 4.98 Å². The largest absolute Gasteiger partial charge is 0.335 e. The zero-order chi connectivity index (χ0) is 17.9. The van der Waals surface area contributed by atoms with Gasteiger partial charge in [0.25, 0.3) is 0 Å². The van der Waals surface area contributed by atoms with E-state index < -0.39 is 0 Å². The van der Waals surface area contributed by atoms with E-state index in [0.29, 0.717) is 18.4 Å². The molecule has 4 nitrogen and oxygen atoms in total. The molecule has 0 aliphatic heterocycles. The Morgan fingerprint density at radius 2 is 1.96 bits per heavy atom. The molecule has 4 rings (SSSR count). The molecule has 0 atom stereocenters. The molecule has 0 radical (unpaired) electrons. The maximum atomic E-state index is 13.0. The van der Waals surface area contributed by atoms with E-state index in [4.69, 9.17) is 0 Å². The van der Waals surface area contributed by atoms with Crippen LogP contribution in [-0.4, -0.2) is 26.9 Å². The van der Waals surface area contributed by atoms with Crippen molar-refractivity contribution in [3.63, 3.8) is 0 Å². The van der Waals surface area contributed by atoms with Gasteiger partial charge in [0.05, 0.1) is 6.54 Å². The normalized spacial score (nSPS) is 17.6. The molecule has 1 aromatic carbocycles. The fourth-order valence-corrected chi connectivity index (χ4v) is 4.05. The lowest BCUT2D eigenvalue weighted by Gasteiger charge is -2.26. The summed E-state index contributed by atoms with van der Waals surface area (Å²) in [6.45, 7) is 4.52. The van der Waals surface area contributed by atoms with Crippen molar-refractivity contribution < 1.29 is 4.79 Å². The third-order valence-electron chi connectivity index (χ3n) is 5.93. The maximum absolute atomic E-state index is 13.0. The van der Waals surface area contributed by atoms with E-state index in [2.05, 4.69) is 45.6 Å². The first kappa shape index (κ1) is 17.3. The number of carbonyl (C=O) groups is 1. The summed E-state index contributed by atoms with van der Waals surface area (Å²) in [5, 5.41) is 0. The molecule has 1 amide bonds. The van der Waals surface area contributed by atoms with Crippen molar-refractivity contribution in [2.24, 2.45) is 11.8 Å². The van der Waals surface area contributed by atoms with Crippen LogP contribution in [0.2, 0.25) is 0 Å². The Morgan fingerprint density at radius 3 is 2.69 bits per heavy atom. The number of aryl methyl sites for hydroxylation is 1. The van der Waals surface area contributed by atoms with Crippen molar-refractivity contribution in [3.8, 4) is 0 Å². The summed E-state index contributed by atoms with van der Waals surface area (Å²) in [5.41, 5.74) is 2.60. The Hall–Kier alpha value is -2.10. The predicted molar refractivity (Wildman–Crippen MR) is 103 cm³/mol. The lowest BCUT2D eigenvalue weighted by molar-refractivity contribution is -0.136. The van der Waals surface area contributed by atoms with Crippen LogP contribution in [0, 0.1) is 18.8 Å². The molecule has 0 N–H and O–H groups in total. The van der Waals surface area contributed by atoms with Crippen LogP contribution in [-0.2, 0) is 17.9 Å². The highest BCUT2D eigenvalue weighted by Crippen LogP contribution is 2.33. The molecule has 2 aliphatic carbocycles. The number of carbonyl (C=O) groups excluding carboxylic acids is 1. The van der Waals surface area contributed by atoms with Gasteiger partial charge >= 0.3 is 0 Å². The van der Waals surface area contributed by atoms with E-state index in [1.54, 1.807) is 0 Å². The fraction of sp³-hybridized carbons (Fsp3) is 0.545. The molecule has 2 aliphatic rings. The van der Waals surface area contributed by atoms with Gasteiger partial charge in [0.15, 0.2) is 0 Å². The van der Waals surface area contributed by atoms with Gasteiger partial charge in [-0.15, -0.1) is 0 Å². The SMILES string of the molecule is Cc1ccccc1Cn1ccnc1CN(CC1CC1)C(=O)C1CCCC1. The van der Waals surface area contributed by atoms with Crippen LogP contribution in [0.3, 0.4) is 0 Å². The predicted octanol–water partition coefficient (Wildman–Crippen LogP) is 4.17. The number of benzene rings is 1. The number of hydrogen-bond donors (Lipinski definition) is 0. The van der Waals surface area contributed by atoms with Gasteiger partial charge in [0.2, 0.25) is 5.91 Å². The second-order valence-corrected chi connectivity index (χ2v) is 8.04. The van der Waals surface area contributed by atoms with Gasteiger partial charge in [0, 0.05) is 31.4 Å². The highest BCUT2D eigenvalue weighted by atomic mass is 16.2. The third kappa shape index (κ3) is 4.00. The van der Waals surface area contributed by atoms with E-state index in [9.17, 15) is 4.79 Å². The minimum Gasteiger partial charge on any atom is -0.335 e. The van der Waals surface area contributed by atoms with E-state index in [1.807, 2.05) is 12.4 Å². The Kier molecular flexibility index (Phi) is 5.09. The van der Waals surface area contributed by atoms with Crippen molar-refractivity contribution in [2.45, 2.75) is 58.5 Å². The van der Waals surface area contributed by atoms with Crippen LogP contribution < -0.4 is 0 Å². The second-order valence-electron chi connectivity index (χ2n) is 8.04. The number of amides is 1. The standard InChI is InChI=1S/C22H29N3O/c1-17-6-2-3-9-20(17)15-24-13-12-23-21(24)16-25(14-18-10-11-18)22(26)19-7-4-5-8-19/h2-3,6,9,12-13,18-19H,4-5,7-8,10-11,14-16H2,1H3. The molecule has 1 heterocycles. The van der Waals surface area contributed by atoms with Crippen LogP contribution in [0.25, 0.3) is 0 Å². The molecule has 26 heavy (non-hydrogen) atoms. The summed E-state index contributed by atoms with van der Waals surface area (Å²) in [6, 6.07) is 8.48. The summed E-state index contributed by atoms with van der Waals surface area (Å²) in [5.74, 6) is 2.31. The van der Waals surface area contributed by atoms with Gasteiger partial charge in [-0.05, 0) is 49.7 Å². The smallest absolute Gasteiger partial charge is 0.226 e. The molecule has 0 bridgehead atoms. The molecular weight excluding hydrogens is 322 g/mol. The molecule has 2 saturated carbocycles. The zero-order valence-corrected chi connectivity index (χ0v) is 15.7. The van der Waals surface area contributed by atoms with Crippen molar-refractivity contribution >= 4 is 5.91 Å². The molecule has 2 aromatic rings. The van der Waals surface area contributed by atoms with Crippen molar-refractivity contribution in [3.05, 3.63) is 53.6 Å². The molecule has 2 fully saturated rings. The molecular formula is C22H29N3O. The van der Waals surface area contributed by atoms with Gasteiger partial charge < -0.3 is 9.47 Å². The number of rotatable bonds is 7. The number of hydrogen-bond acceptors (Lipinski definition) is 2. The Bertz CT molecular complexity index is 756. The summed E-state index contributed by atoms with van der Waals surface area (Å²) in [7, 11) is 0. The topological polar surface area (TPSA) is 38.1 Å². The average molecular weight is 351 g/mol. The van der Waals surface area contributed by atoms with Crippen LogP contribution >= 0.6 is 0 Å². The molecule has 1 aromatic heterocycles. The van der Waals surface area contributed by atoms with Gasteiger partial charge in [0.1, 0.15) is 5.82 Å². The minimum atomic E-state index is 0.244. The molecule has 0 unspecified atom stereocenters. The monoisotopic (exact) mass is 351 g/mol. The summed E-state index contributed by atoms with van der Waals surface area (Å²) >= 11 is 0. The number of imidazole rings is 1.